The van der Waals surface area contributed by atoms with E-state index in [0.717, 1.165) is 11.1 Å². The molecule has 140 valence electrons. The average molecular weight is 363 g/mol. The van der Waals surface area contributed by atoms with Gasteiger partial charge in [-0.05, 0) is 23.5 Å². The van der Waals surface area contributed by atoms with Crippen LogP contribution in [0.2, 0.25) is 0 Å². The van der Waals surface area contributed by atoms with Crippen molar-refractivity contribution in [2.45, 2.75) is 32.4 Å². The molecule has 3 N–H and O–H groups in total. The molecule has 2 aromatic carbocycles. The van der Waals surface area contributed by atoms with Crippen LogP contribution in [0.25, 0.3) is 0 Å². The molecule has 5 nitrogen and oxygen atoms in total. The summed E-state index contributed by atoms with van der Waals surface area (Å²) in [5.41, 5.74) is 8.49. The Morgan fingerprint density at radius 3 is 2.33 bits per heavy atom. The van der Waals surface area contributed by atoms with Crippen LogP contribution in [0.1, 0.15) is 53.4 Å². The SMILES string of the molecule is CC(C)C(N)c1nc(C(=O)NC(Cc2ccccc2)c2ccccc2)co1. The number of hydrogen-bond acceptors (Lipinski definition) is 4. The summed E-state index contributed by atoms with van der Waals surface area (Å²) < 4.78 is 5.42. The normalized spacial score (nSPS) is 13.3. The Balaban J connectivity index is 1.78. The predicted molar refractivity (Wildman–Crippen MR) is 105 cm³/mol. The number of aromatic nitrogens is 1. The van der Waals surface area contributed by atoms with E-state index in [1.54, 1.807) is 0 Å². The summed E-state index contributed by atoms with van der Waals surface area (Å²) >= 11 is 0. The lowest BCUT2D eigenvalue weighted by Gasteiger charge is -2.19. The molecule has 0 aliphatic carbocycles. The topological polar surface area (TPSA) is 81.1 Å². The molecular formula is C22H25N3O2. The van der Waals surface area contributed by atoms with Crippen LogP contribution in [0.3, 0.4) is 0 Å². The van der Waals surface area contributed by atoms with Crippen LogP contribution in [0.15, 0.2) is 71.3 Å². The van der Waals surface area contributed by atoms with Crippen LogP contribution in [0.5, 0.6) is 0 Å². The van der Waals surface area contributed by atoms with Crippen molar-refractivity contribution < 1.29 is 9.21 Å². The first kappa shape index (κ1) is 18.9. The van der Waals surface area contributed by atoms with E-state index in [1.165, 1.54) is 6.26 Å². The molecule has 1 aromatic heterocycles. The Labute approximate surface area is 159 Å². The number of nitrogens with zero attached hydrogens (tertiary/aromatic N) is 1. The first-order chi connectivity index (χ1) is 13.0. The molecule has 0 radical (unpaired) electrons. The van der Waals surface area contributed by atoms with Gasteiger partial charge >= 0.3 is 0 Å². The van der Waals surface area contributed by atoms with Gasteiger partial charge in [-0.3, -0.25) is 4.79 Å². The van der Waals surface area contributed by atoms with Gasteiger partial charge in [0.15, 0.2) is 5.69 Å². The summed E-state index contributed by atoms with van der Waals surface area (Å²) in [5, 5.41) is 3.08. The van der Waals surface area contributed by atoms with Crippen molar-refractivity contribution in [3.63, 3.8) is 0 Å². The molecule has 2 unspecified atom stereocenters. The fraction of sp³-hybridized carbons (Fsp3) is 0.273. The van der Waals surface area contributed by atoms with Gasteiger partial charge in [-0.2, -0.15) is 0 Å². The third-order valence-electron chi connectivity index (χ3n) is 4.55. The number of nitrogens with two attached hydrogens (primary N) is 1. The van der Waals surface area contributed by atoms with Gasteiger partial charge in [0.1, 0.15) is 6.26 Å². The predicted octanol–water partition coefficient (Wildman–Crippen LogP) is 4.04. The average Bonchev–Trinajstić information content (AvgIpc) is 3.18. The van der Waals surface area contributed by atoms with Crippen molar-refractivity contribution in [3.8, 4) is 0 Å². The molecular weight excluding hydrogens is 338 g/mol. The number of amides is 1. The van der Waals surface area contributed by atoms with Crippen molar-refractivity contribution in [3.05, 3.63) is 89.6 Å². The van der Waals surface area contributed by atoms with Crippen molar-refractivity contribution in [1.29, 1.82) is 0 Å². The van der Waals surface area contributed by atoms with Gasteiger partial charge in [0.05, 0.1) is 12.1 Å². The molecule has 3 aromatic rings. The summed E-state index contributed by atoms with van der Waals surface area (Å²) in [6.07, 6.45) is 2.06. The number of rotatable bonds is 7. The van der Waals surface area contributed by atoms with E-state index < -0.39 is 0 Å². The Morgan fingerprint density at radius 1 is 1.07 bits per heavy atom. The molecule has 3 rings (SSSR count). The minimum Gasteiger partial charge on any atom is -0.446 e. The highest BCUT2D eigenvalue weighted by atomic mass is 16.3. The molecule has 5 heteroatoms. The molecule has 27 heavy (non-hydrogen) atoms. The van der Waals surface area contributed by atoms with Gasteiger partial charge in [0, 0.05) is 0 Å². The second kappa shape index (κ2) is 8.64. The van der Waals surface area contributed by atoms with Crippen molar-refractivity contribution in [1.82, 2.24) is 10.3 Å². The number of carbonyl (C=O) groups excluding carboxylic acids is 1. The van der Waals surface area contributed by atoms with Gasteiger partial charge < -0.3 is 15.5 Å². The lowest BCUT2D eigenvalue weighted by Crippen LogP contribution is -2.30. The van der Waals surface area contributed by atoms with E-state index in [0.29, 0.717) is 12.3 Å². The smallest absolute Gasteiger partial charge is 0.273 e. The van der Waals surface area contributed by atoms with Crippen molar-refractivity contribution in [2.75, 3.05) is 0 Å². The minimum absolute atomic E-state index is 0.167. The molecule has 1 heterocycles. The standard InChI is InChI=1S/C22H25N3O2/c1-15(2)20(23)22-25-19(14-27-22)21(26)24-18(17-11-7-4-8-12-17)13-16-9-5-3-6-10-16/h3-12,14-15,18,20H,13,23H2,1-2H3,(H,24,26). The zero-order valence-corrected chi connectivity index (χ0v) is 15.6. The van der Waals surface area contributed by atoms with E-state index in [-0.39, 0.29) is 29.6 Å². The highest BCUT2D eigenvalue weighted by Gasteiger charge is 2.22. The number of benzene rings is 2. The van der Waals surface area contributed by atoms with E-state index in [9.17, 15) is 4.79 Å². The van der Waals surface area contributed by atoms with Crippen LogP contribution in [0.4, 0.5) is 0 Å². The maximum Gasteiger partial charge on any atom is 0.273 e. The maximum absolute atomic E-state index is 12.7. The second-order valence-electron chi connectivity index (χ2n) is 6.97. The number of hydrogen-bond donors (Lipinski definition) is 2. The van der Waals surface area contributed by atoms with Gasteiger partial charge in [0.25, 0.3) is 5.91 Å². The number of nitrogens with one attached hydrogen (secondary N) is 1. The first-order valence-corrected chi connectivity index (χ1v) is 9.15. The first-order valence-electron chi connectivity index (χ1n) is 9.15. The van der Waals surface area contributed by atoms with Crippen LogP contribution in [0, 0.1) is 5.92 Å². The lowest BCUT2D eigenvalue weighted by molar-refractivity contribution is 0.0931. The summed E-state index contributed by atoms with van der Waals surface area (Å²) in [6, 6.07) is 19.5. The maximum atomic E-state index is 12.7. The van der Waals surface area contributed by atoms with Crippen LogP contribution in [-0.2, 0) is 6.42 Å². The molecule has 1 amide bonds. The van der Waals surface area contributed by atoms with E-state index in [1.807, 2.05) is 62.4 Å². The molecule has 0 bridgehead atoms. The lowest BCUT2D eigenvalue weighted by atomic mass is 9.99. The molecule has 0 saturated heterocycles. The summed E-state index contributed by atoms with van der Waals surface area (Å²) in [5.74, 6) is 0.287. The molecule has 0 aliphatic rings. The Hall–Kier alpha value is -2.92. The zero-order chi connectivity index (χ0) is 19.2. The monoisotopic (exact) mass is 363 g/mol. The van der Waals surface area contributed by atoms with E-state index in [4.69, 9.17) is 10.2 Å². The number of oxazole rings is 1. The number of carbonyl (C=O) groups is 1. The van der Waals surface area contributed by atoms with E-state index >= 15 is 0 Å². The largest absolute Gasteiger partial charge is 0.446 e. The fourth-order valence-corrected chi connectivity index (χ4v) is 2.85. The molecule has 0 spiro atoms. The summed E-state index contributed by atoms with van der Waals surface area (Å²) in [4.78, 5) is 17.0. The van der Waals surface area contributed by atoms with Gasteiger partial charge in [0.2, 0.25) is 5.89 Å². The summed E-state index contributed by atoms with van der Waals surface area (Å²) in [7, 11) is 0. The fourth-order valence-electron chi connectivity index (χ4n) is 2.85. The Morgan fingerprint density at radius 2 is 1.70 bits per heavy atom. The Kier molecular flexibility index (Phi) is 6.04. The van der Waals surface area contributed by atoms with Crippen molar-refractivity contribution in [2.24, 2.45) is 11.7 Å². The minimum atomic E-state index is -0.333. The summed E-state index contributed by atoms with van der Waals surface area (Å²) in [6.45, 7) is 3.97. The third kappa shape index (κ3) is 4.83. The van der Waals surface area contributed by atoms with Gasteiger partial charge in [-0.15, -0.1) is 0 Å². The third-order valence-corrected chi connectivity index (χ3v) is 4.55. The molecule has 0 aliphatic heterocycles. The van der Waals surface area contributed by atoms with Crippen molar-refractivity contribution >= 4 is 5.91 Å². The molecule has 2 atom stereocenters. The van der Waals surface area contributed by atoms with Gasteiger partial charge in [-0.25, -0.2) is 4.98 Å². The highest BCUT2D eigenvalue weighted by Crippen LogP contribution is 2.21. The van der Waals surface area contributed by atoms with Crippen LogP contribution >= 0.6 is 0 Å². The zero-order valence-electron chi connectivity index (χ0n) is 15.6. The Bertz CT molecular complexity index is 860. The molecule has 0 fully saturated rings. The highest BCUT2D eigenvalue weighted by molar-refractivity contribution is 5.92. The van der Waals surface area contributed by atoms with E-state index in [2.05, 4.69) is 22.4 Å². The second-order valence-corrected chi connectivity index (χ2v) is 6.97. The molecule has 0 saturated carbocycles. The quantitative estimate of drug-likeness (QED) is 0.664. The van der Waals surface area contributed by atoms with Crippen LogP contribution < -0.4 is 11.1 Å². The van der Waals surface area contributed by atoms with Crippen LogP contribution in [-0.4, -0.2) is 10.9 Å². The van der Waals surface area contributed by atoms with Gasteiger partial charge in [-0.1, -0.05) is 74.5 Å².